The fourth-order valence-electron chi connectivity index (χ4n) is 3.21. The highest BCUT2D eigenvalue weighted by Gasteiger charge is 2.39. The minimum absolute atomic E-state index is 0.0750. The summed E-state index contributed by atoms with van der Waals surface area (Å²) in [6.45, 7) is 6.53. The molecule has 0 amide bonds. The van der Waals surface area contributed by atoms with Crippen molar-refractivity contribution in [2.75, 3.05) is 13.1 Å². The van der Waals surface area contributed by atoms with E-state index in [0.29, 0.717) is 4.71 Å². The van der Waals surface area contributed by atoms with E-state index in [0.717, 1.165) is 33.9 Å². The SMILES string of the molecule is CCN(CC)C1SC2=C(S1)C(c1ccc(Cl)cc1)Oc1ccc(Br)cc12. The van der Waals surface area contributed by atoms with Crippen LogP contribution in [0.5, 0.6) is 5.75 Å². The zero-order valence-electron chi connectivity index (χ0n) is 14.5. The first-order valence-corrected chi connectivity index (χ1v) is 11.6. The zero-order valence-corrected chi connectivity index (χ0v) is 18.5. The summed E-state index contributed by atoms with van der Waals surface area (Å²) in [6.07, 6.45) is -0.0750. The molecule has 2 atom stereocenters. The third-order valence-corrected chi connectivity index (χ3v) is 8.42. The molecule has 2 unspecified atom stereocenters. The van der Waals surface area contributed by atoms with E-state index in [4.69, 9.17) is 16.3 Å². The highest BCUT2D eigenvalue weighted by atomic mass is 79.9. The molecule has 4 rings (SSSR count). The fourth-order valence-corrected chi connectivity index (χ4v) is 7.13. The van der Waals surface area contributed by atoms with Crippen LogP contribution in [-0.4, -0.2) is 22.7 Å². The summed E-state index contributed by atoms with van der Waals surface area (Å²) < 4.78 is 7.91. The number of hydrogen-bond donors (Lipinski definition) is 0. The molecule has 0 bridgehead atoms. The van der Waals surface area contributed by atoms with Gasteiger partial charge in [-0.3, -0.25) is 4.90 Å². The van der Waals surface area contributed by atoms with E-state index in [1.54, 1.807) is 0 Å². The van der Waals surface area contributed by atoms with Gasteiger partial charge >= 0.3 is 0 Å². The molecular weight excluding hydrogens is 450 g/mol. The third kappa shape index (κ3) is 3.45. The van der Waals surface area contributed by atoms with E-state index >= 15 is 0 Å². The standard InChI is InChI=1S/C20H19BrClNOS2/c1-3-23(4-2)20-25-18-15-11-13(21)7-10-16(15)24-17(19(18)26-20)12-5-8-14(22)9-6-12/h5-11,17,20H,3-4H2,1-2H3. The molecule has 2 heterocycles. The van der Waals surface area contributed by atoms with E-state index < -0.39 is 0 Å². The van der Waals surface area contributed by atoms with Crippen molar-refractivity contribution in [1.82, 2.24) is 4.90 Å². The van der Waals surface area contributed by atoms with Crippen LogP contribution >= 0.6 is 51.1 Å². The number of ether oxygens (including phenoxy) is 1. The first kappa shape index (κ1) is 18.8. The van der Waals surface area contributed by atoms with Gasteiger partial charge in [-0.15, -0.1) is 0 Å². The number of rotatable bonds is 4. The van der Waals surface area contributed by atoms with Crippen LogP contribution in [0.2, 0.25) is 5.02 Å². The molecule has 2 nitrogen and oxygen atoms in total. The Morgan fingerprint density at radius 1 is 1.08 bits per heavy atom. The Morgan fingerprint density at radius 2 is 1.81 bits per heavy atom. The summed E-state index contributed by atoms with van der Waals surface area (Å²) in [5, 5.41) is 0.748. The molecule has 0 spiro atoms. The highest BCUT2D eigenvalue weighted by Crippen LogP contribution is 2.60. The summed E-state index contributed by atoms with van der Waals surface area (Å²) >= 11 is 13.6. The molecule has 2 aliphatic rings. The van der Waals surface area contributed by atoms with Gasteiger partial charge in [0.05, 0.1) is 0 Å². The molecule has 0 saturated carbocycles. The molecule has 0 aliphatic carbocycles. The van der Waals surface area contributed by atoms with Gasteiger partial charge in [0.1, 0.15) is 10.5 Å². The molecule has 0 radical (unpaired) electrons. The second-order valence-electron chi connectivity index (χ2n) is 6.15. The maximum Gasteiger partial charge on any atom is 0.156 e. The van der Waals surface area contributed by atoms with Crippen LogP contribution < -0.4 is 4.74 Å². The van der Waals surface area contributed by atoms with Crippen molar-refractivity contribution in [3.63, 3.8) is 0 Å². The topological polar surface area (TPSA) is 12.5 Å². The van der Waals surface area contributed by atoms with Gasteiger partial charge in [0.15, 0.2) is 6.10 Å². The van der Waals surface area contributed by atoms with E-state index in [-0.39, 0.29) is 6.10 Å². The quantitative estimate of drug-likeness (QED) is 0.478. The molecule has 26 heavy (non-hydrogen) atoms. The predicted molar refractivity (Wildman–Crippen MR) is 118 cm³/mol. The van der Waals surface area contributed by atoms with E-state index in [1.165, 1.54) is 15.4 Å². The monoisotopic (exact) mass is 467 g/mol. The van der Waals surface area contributed by atoms with E-state index in [2.05, 4.69) is 58.9 Å². The predicted octanol–water partition coefficient (Wildman–Crippen LogP) is 7.01. The Hall–Kier alpha value is -0.590. The van der Waals surface area contributed by atoms with Crippen molar-refractivity contribution in [3.05, 3.63) is 68.0 Å². The van der Waals surface area contributed by atoms with Gasteiger partial charge in [0.25, 0.3) is 0 Å². The first-order chi connectivity index (χ1) is 12.6. The second-order valence-corrected chi connectivity index (χ2v) is 10.0. The minimum Gasteiger partial charge on any atom is -0.480 e. The van der Waals surface area contributed by atoms with Crippen molar-refractivity contribution in [2.24, 2.45) is 0 Å². The lowest BCUT2D eigenvalue weighted by molar-refractivity contribution is 0.247. The number of nitrogens with zero attached hydrogens (tertiary/aromatic N) is 1. The van der Waals surface area contributed by atoms with Crippen LogP contribution in [0.25, 0.3) is 4.91 Å². The van der Waals surface area contributed by atoms with E-state index in [1.807, 2.05) is 41.7 Å². The molecule has 0 fully saturated rings. The van der Waals surface area contributed by atoms with Gasteiger partial charge in [0.2, 0.25) is 0 Å². The summed E-state index contributed by atoms with van der Waals surface area (Å²) in [5.41, 5.74) is 2.33. The Kier molecular flexibility index (Phi) is 5.63. The van der Waals surface area contributed by atoms with Crippen molar-refractivity contribution >= 4 is 56.0 Å². The van der Waals surface area contributed by atoms with Crippen molar-refractivity contribution in [1.29, 1.82) is 0 Å². The van der Waals surface area contributed by atoms with Crippen LogP contribution in [0.3, 0.4) is 0 Å². The van der Waals surface area contributed by atoms with Gasteiger partial charge in [-0.2, -0.15) is 0 Å². The van der Waals surface area contributed by atoms with Crippen LogP contribution in [0.15, 0.2) is 51.8 Å². The molecule has 0 N–H and O–H groups in total. The lowest BCUT2D eigenvalue weighted by Gasteiger charge is -2.28. The molecule has 2 aromatic rings. The smallest absolute Gasteiger partial charge is 0.156 e. The lowest BCUT2D eigenvalue weighted by Crippen LogP contribution is -2.29. The molecule has 2 aliphatic heterocycles. The number of halogens is 2. The van der Waals surface area contributed by atoms with Gasteiger partial charge in [-0.05, 0) is 49.0 Å². The van der Waals surface area contributed by atoms with Gasteiger partial charge < -0.3 is 4.74 Å². The number of fused-ring (bicyclic) bond motifs is 2. The maximum absolute atomic E-state index is 6.45. The largest absolute Gasteiger partial charge is 0.480 e. The molecule has 0 aromatic heterocycles. The molecule has 2 aromatic carbocycles. The van der Waals surface area contributed by atoms with Crippen LogP contribution in [0.1, 0.15) is 31.1 Å². The number of benzene rings is 2. The summed E-state index contributed by atoms with van der Waals surface area (Å²) in [4.78, 5) is 5.14. The van der Waals surface area contributed by atoms with Crippen molar-refractivity contribution < 1.29 is 4.74 Å². The van der Waals surface area contributed by atoms with Crippen LogP contribution in [-0.2, 0) is 0 Å². The van der Waals surface area contributed by atoms with Gasteiger partial charge in [0, 0.05) is 24.9 Å². The Bertz CT molecular complexity index is 851. The maximum atomic E-state index is 6.45. The normalized spacial score (nSPS) is 21.6. The molecular formula is C20H19BrClNOS2. The van der Waals surface area contributed by atoms with Crippen molar-refractivity contribution in [3.8, 4) is 5.75 Å². The highest BCUT2D eigenvalue weighted by molar-refractivity contribution is 9.10. The van der Waals surface area contributed by atoms with Gasteiger partial charge in [-0.1, -0.05) is 77.0 Å². The first-order valence-electron chi connectivity index (χ1n) is 8.64. The Morgan fingerprint density at radius 3 is 2.50 bits per heavy atom. The summed E-state index contributed by atoms with van der Waals surface area (Å²) in [5.74, 6) is 0.945. The zero-order chi connectivity index (χ0) is 18.3. The van der Waals surface area contributed by atoms with E-state index in [9.17, 15) is 0 Å². The molecule has 0 saturated heterocycles. The fraction of sp³-hybridized carbons (Fsp3) is 0.300. The Labute approximate surface area is 176 Å². The molecule has 6 heteroatoms. The lowest BCUT2D eigenvalue weighted by atomic mass is 10.0. The Balaban J connectivity index is 1.77. The van der Waals surface area contributed by atoms with Gasteiger partial charge in [-0.25, -0.2) is 0 Å². The second kappa shape index (κ2) is 7.80. The van der Waals surface area contributed by atoms with Crippen molar-refractivity contribution in [2.45, 2.75) is 24.7 Å². The third-order valence-electron chi connectivity index (χ3n) is 4.62. The molecule has 136 valence electrons. The average Bonchev–Trinajstić information content (AvgIpc) is 3.08. The summed E-state index contributed by atoms with van der Waals surface area (Å²) in [7, 11) is 0. The average molecular weight is 469 g/mol. The number of thioether (sulfide) groups is 2. The van der Waals surface area contributed by atoms with Crippen LogP contribution in [0.4, 0.5) is 0 Å². The van der Waals surface area contributed by atoms with Crippen LogP contribution in [0, 0.1) is 0 Å². The number of hydrogen-bond acceptors (Lipinski definition) is 4. The summed E-state index contributed by atoms with van der Waals surface area (Å²) in [6, 6.07) is 14.3. The minimum atomic E-state index is -0.0750.